The zero-order valence-corrected chi connectivity index (χ0v) is 16.8. The molecule has 28 heavy (non-hydrogen) atoms. The molecule has 6 nitrogen and oxygen atoms in total. The molecule has 0 spiro atoms. The van der Waals surface area contributed by atoms with Crippen LogP contribution >= 0.6 is 34.8 Å². The fraction of sp³-hybridized carbons (Fsp3) is 0.222. The normalized spacial score (nSPS) is 16.6. The summed E-state index contributed by atoms with van der Waals surface area (Å²) >= 11 is 17.6. The minimum atomic E-state index is -0.603. The van der Waals surface area contributed by atoms with Crippen molar-refractivity contribution >= 4 is 46.7 Å². The molecule has 0 bridgehead atoms. The number of guanidine groups is 2. The van der Waals surface area contributed by atoms with Crippen LogP contribution in [0.15, 0.2) is 46.4 Å². The summed E-state index contributed by atoms with van der Waals surface area (Å²) in [6.45, 7) is 0.852. The second-order valence-corrected chi connectivity index (χ2v) is 7.20. The highest BCUT2D eigenvalue weighted by Gasteiger charge is 2.26. The van der Waals surface area contributed by atoms with Gasteiger partial charge < -0.3 is 21.1 Å². The third-order valence-corrected chi connectivity index (χ3v) is 5.06. The van der Waals surface area contributed by atoms with Crippen molar-refractivity contribution in [2.24, 2.45) is 21.5 Å². The third kappa shape index (κ3) is 4.79. The number of benzene rings is 2. The molecule has 148 valence electrons. The van der Waals surface area contributed by atoms with Gasteiger partial charge in [-0.1, -0.05) is 40.9 Å². The summed E-state index contributed by atoms with van der Waals surface area (Å²) in [5, 5.41) is 0.903. The third-order valence-electron chi connectivity index (χ3n) is 4.02. The smallest absolute Gasteiger partial charge is 0.220 e. The van der Waals surface area contributed by atoms with Gasteiger partial charge >= 0.3 is 0 Å². The van der Waals surface area contributed by atoms with Crippen molar-refractivity contribution < 1.29 is 9.13 Å². The SMILES string of the molecule is NC1=NC(c2ccc(Cl)c(F)c2)N(CCCOc2ccc(Cl)c(Cl)c2)C(N)=N1. The molecule has 0 saturated heterocycles. The molecule has 10 heteroatoms. The van der Waals surface area contributed by atoms with Crippen molar-refractivity contribution in [1.82, 2.24) is 4.90 Å². The molecule has 0 radical (unpaired) electrons. The Hall–Kier alpha value is -2.22. The molecular formula is C18H17Cl3FN5O. The molecule has 0 aliphatic carbocycles. The molecule has 0 aromatic heterocycles. The number of halogens is 4. The lowest BCUT2D eigenvalue weighted by atomic mass is 10.1. The summed E-state index contributed by atoms with van der Waals surface area (Å²) in [6.07, 6.45) is -0.00686. The van der Waals surface area contributed by atoms with E-state index in [0.29, 0.717) is 40.9 Å². The van der Waals surface area contributed by atoms with Gasteiger partial charge in [0, 0.05) is 12.6 Å². The summed E-state index contributed by atoms with van der Waals surface area (Å²) in [5.41, 5.74) is 12.3. The van der Waals surface area contributed by atoms with E-state index in [1.54, 1.807) is 29.2 Å². The quantitative estimate of drug-likeness (QED) is 0.654. The molecule has 1 unspecified atom stereocenters. The highest BCUT2D eigenvalue weighted by Crippen LogP contribution is 2.28. The molecule has 4 N–H and O–H groups in total. The number of nitrogens with zero attached hydrogens (tertiary/aromatic N) is 3. The molecule has 0 saturated carbocycles. The van der Waals surface area contributed by atoms with Crippen LogP contribution in [0.3, 0.4) is 0 Å². The molecule has 1 atom stereocenters. The number of ether oxygens (including phenoxy) is 1. The second-order valence-electron chi connectivity index (χ2n) is 5.98. The van der Waals surface area contributed by atoms with E-state index < -0.39 is 12.0 Å². The van der Waals surface area contributed by atoms with Gasteiger partial charge in [-0.05, 0) is 36.2 Å². The molecule has 1 aliphatic heterocycles. The standard InChI is InChI=1S/C18H17Cl3FN5O/c19-12-5-3-11(9-14(12)21)28-7-1-6-27-16(25-17(23)26-18(27)24)10-2-4-13(20)15(22)8-10/h2-5,8-9,16H,1,6-7H2,(H4,23,24,25,26). The Balaban J connectivity index is 1.66. The predicted octanol–water partition coefficient (Wildman–Crippen LogP) is 4.20. The van der Waals surface area contributed by atoms with Gasteiger partial charge in [0.1, 0.15) is 11.6 Å². The van der Waals surface area contributed by atoms with Crippen LogP contribution in [0.25, 0.3) is 0 Å². The fourth-order valence-corrected chi connectivity index (χ4v) is 3.09. The monoisotopic (exact) mass is 443 g/mol. The lowest BCUT2D eigenvalue weighted by Gasteiger charge is -2.32. The first-order valence-electron chi connectivity index (χ1n) is 8.32. The molecule has 1 heterocycles. The highest BCUT2D eigenvalue weighted by molar-refractivity contribution is 6.42. The Bertz CT molecular complexity index is 937. The first-order chi connectivity index (χ1) is 13.3. The van der Waals surface area contributed by atoms with E-state index in [0.717, 1.165) is 0 Å². The summed E-state index contributed by atoms with van der Waals surface area (Å²) in [6, 6.07) is 9.48. The Morgan fingerprint density at radius 3 is 2.50 bits per heavy atom. The number of nitrogens with two attached hydrogens (primary N) is 2. The van der Waals surface area contributed by atoms with Crippen LogP contribution in [0.5, 0.6) is 5.75 Å². The summed E-state index contributed by atoms with van der Waals surface area (Å²) in [4.78, 5) is 10.00. The van der Waals surface area contributed by atoms with Crippen molar-refractivity contribution in [3.63, 3.8) is 0 Å². The van der Waals surface area contributed by atoms with Crippen LogP contribution in [0.1, 0.15) is 18.2 Å². The van der Waals surface area contributed by atoms with E-state index in [1.807, 2.05) is 0 Å². The second kappa shape index (κ2) is 8.86. The van der Waals surface area contributed by atoms with Gasteiger partial charge in [-0.25, -0.2) is 9.38 Å². The molecule has 2 aromatic carbocycles. The molecule has 0 fully saturated rings. The van der Waals surface area contributed by atoms with Gasteiger partial charge in [-0.15, -0.1) is 0 Å². The number of hydrogen-bond acceptors (Lipinski definition) is 6. The van der Waals surface area contributed by atoms with Crippen molar-refractivity contribution in [3.8, 4) is 5.75 Å². The lowest BCUT2D eigenvalue weighted by Crippen LogP contribution is -2.44. The largest absolute Gasteiger partial charge is 0.493 e. The summed E-state index contributed by atoms with van der Waals surface area (Å²) in [5.74, 6) is 0.286. The van der Waals surface area contributed by atoms with Gasteiger partial charge in [0.05, 0.1) is 21.7 Å². The first-order valence-corrected chi connectivity index (χ1v) is 9.45. The van der Waals surface area contributed by atoms with Crippen LogP contribution < -0.4 is 16.2 Å². The van der Waals surface area contributed by atoms with E-state index in [-0.39, 0.29) is 16.9 Å². The summed E-state index contributed by atoms with van der Waals surface area (Å²) in [7, 11) is 0. The van der Waals surface area contributed by atoms with Crippen LogP contribution in [0, 0.1) is 5.82 Å². The maximum absolute atomic E-state index is 13.9. The van der Waals surface area contributed by atoms with Gasteiger partial charge in [0.15, 0.2) is 6.17 Å². The Kier molecular flexibility index (Phi) is 6.49. The van der Waals surface area contributed by atoms with Gasteiger partial charge in [0.2, 0.25) is 11.9 Å². The average Bonchev–Trinajstić information content (AvgIpc) is 2.65. The van der Waals surface area contributed by atoms with Gasteiger partial charge in [0.25, 0.3) is 0 Å². The molecule has 2 aromatic rings. The lowest BCUT2D eigenvalue weighted by molar-refractivity contribution is 0.258. The zero-order valence-electron chi connectivity index (χ0n) is 14.6. The van der Waals surface area contributed by atoms with Crippen LogP contribution in [0.2, 0.25) is 15.1 Å². The van der Waals surface area contributed by atoms with Crippen molar-refractivity contribution in [3.05, 3.63) is 62.8 Å². The Morgan fingerprint density at radius 1 is 1.04 bits per heavy atom. The molecule has 1 aliphatic rings. The van der Waals surface area contributed by atoms with E-state index in [1.165, 1.54) is 12.1 Å². The minimum absolute atomic E-state index is 0.0275. The predicted molar refractivity (Wildman–Crippen MR) is 111 cm³/mol. The number of rotatable bonds is 6. The van der Waals surface area contributed by atoms with E-state index in [2.05, 4.69) is 9.98 Å². The first kappa shape index (κ1) is 20.5. The van der Waals surface area contributed by atoms with Crippen LogP contribution in [0.4, 0.5) is 4.39 Å². The van der Waals surface area contributed by atoms with E-state index in [9.17, 15) is 4.39 Å². The maximum atomic E-state index is 13.9. The molecule has 3 rings (SSSR count). The van der Waals surface area contributed by atoms with Crippen molar-refractivity contribution in [2.45, 2.75) is 12.6 Å². The van der Waals surface area contributed by atoms with Gasteiger partial charge in [-0.2, -0.15) is 4.99 Å². The number of aliphatic imine (C=N–C) groups is 2. The van der Waals surface area contributed by atoms with Crippen LogP contribution in [-0.2, 0) is 0 Å². The van der Waals surface area contributed by atoms with Crippen molar-refractivity contribution in [2.75, 3.05) is 13.2 Å². The zero-order chi connectivity index (χ0) is 20.3. The summed E-state index contributed by atoms with van der Waals surface area (Å²) < 4.78 is 19.6. The fourth-order valence-electron chi connectivity index (χ4n) is 2.69. The highest BCUT2D eigenvalue weighted by atomic mass is 35.5. The topological polar surface area (TPSA) is 89.2 Å². The molecule has 0 amide bonds. The van der Waals surface area contributed by atoms with E-state index in [4.69, 9.17) is 51.0 Å². The number of hydrogen-bond donors (Lipinski definition) is 2. The van der Waals surface area contributed by atoms with E-state index >= 15 is 0 Å². The molecular weight excluding hydrogens is 428 g/mol. The van der Waals surface area contributed by atoms with Gasteiger partial charge in [-0.3, -0.25) is 0 Å². The van der Waals surface area contributed by atoms with Crippen molar-refractivity contribution in [1.29, 1.82) is 0 Å². The average molecular weight is 445 g/mol. The maximum Gasteiger partial charge on any atom is 0.220 e. The Morgan fingerprint density at radius 2 is 1.79 bits per heavy atom. The van der Waals surface area contributed by atoms with Crippen LogP contribution in [-0.4, -0.2) is 30.0 Å². The Labute approximate surface area is 176 Å². The minimum Gasteiger partial charge on any atom is -0.493 e.